The average molecular weight is 338 g/mol. The van der Waals surface area contributed by atoms with Crippen LogP contribution in [0.15, 0.2) is 42.7 Å². The highest BCUT2D eigenvalue weighted by molar-refractivity contribution is 6.12. The predicted molar refractivity (Wildman–Crippen MR) is 88.0 cm³/mol. The molecule has 25 heavy (non-hydrogen) atoms. The van der Waals surface area contributed by atoms with Gasteiger partial charge in [-0.3, -0.25) is 14.6 Å². The molecule has 0 unspecified atom stereocenters. The Balaban J connectivity index is 1.65. The fourth-order valence-corrected chi connectivity index (χ4v) is 2.55. The normalized spacial score (nSPS) is 12.9. The first-order valence-electron chi connectivity index (χ1n) is 7.39. The smallest absolute Gasteiger partial charge is 0.263 e. The lowest BCUT2D eigenvalue weighted by Crippen LogP contribution is -2.26. The quantitative estimate of drug-likeness (QED) is 0.748. The number of amides is 2. The van der Waals surface area contributed by atoms with Crippen molar-refractivity contribution in [1.82, 2.24) is 9.97 Å². The Labute approximate surface area is 140 Å². The molecule has 1 aliphatic heterocycles. The van der Waals surface area contributed by atoms with Crippen LogP contribution in [-0.4, -0.2) is 28.4 Å². The molecule has 0 saturated carbocycles. The summed E-state index contributed by atoms with van der Waals surface area (Å²) in [5, 5.41) is 5.51. The molecule has 0 fully saturated rings. The number of aromatic nitrogens is 2. The standard InChI is InChI=1S/C17H11FN4O3/c18-12-4-3-11(15-10(12)2-1-5-19-15)17(24)21-9-6-13-16(20-7-9)22-14(23)8-25-13/h1-7H,8H2,(H,21,24)(H,20,22,23). The van der Waals surface area contributed by atoms with Gasteiger partial charge in [0, 0.05) is 17.6 Å². The number of ether oxygens (including phenoxy) is 1. The van der Waals surface area contributed by atoms with Crippen molar-refractivity contribution in [2.45, 2.75) is 0 Å². The summed E-state index contributed by atoms with van der Waals surface area (Å²) in [6, 6.07) is 7.32. The molecular weight excluding hydrogens is 327 g/mol. The van der Waals surface area contributed by atoms with Crippen molar-refractivity contribution in [2.75, 3.05) is 17.2 Å². The first-order chi connectivity index (χ1) is 12.1. The minimum Gasteiger partial charge on any atom is -0.480 e. The first kappa shape index (κ1) is 15.0. The Morgan fingerprint density at radius 2 is 2.16 bits per heavy atom. The molecular formula is C17H11FN4O3. The van der Waals surface area contributed by atoms with Gasteiger partial charge < -0.3 is 15.4 Å². The monoisotopic (exact) mass is 338 g/mol. The molecule has 4 rings (SSSR count). The van der Waals surface area contributed by atoms with Crippen molar-refractivity contribution >= 4 is 34.2 Å². The fourth-order valence-electron chi connectivity index (χ4n) is 2.55. The fraction of sp³-hybridized carbons (Fsp3) is 0.0588. The number of halogens is 1. The van der Waals surface area contributed by atoms with E-state index in [1.807, 2.05) is 0 Å². The van der Waals surface area contributed by atoms with E-state index < -0.39 is 11.7 Å². The van der Waals surface area contributed by atoms with Gasteiger partial charge in [-0.2, -0.15) is 0 Å². The number of anilines is 2. The van der Waals surface area contributed by atoms with Crippen LogP contribution in [0.3, 0.4) is 0 Å². The van der Waals surface area contributed by atoms with E-state index in [9.17, 15) is 14.0 Å². The number of nitrogens with one attached hydrogen (secondary N) is 2. The number of carbonyl (C=O) groups is 2. The predicted octanol–water partition coefficient (Wildman–Crippen LogP) is 2.35. The molecule has 0 spiro atoms. The number of pyridine rings is 2. The molecule has 0 aliphatic carbocycles. The summed E-state index contributed by atoms with van der Waals surface area (Å²) in [7, 11) is 0. The lowest BCUT2D eigenvalue weighted by atomic mass is 10.1. The third-order valence-corrected chi connectivity index (χ3v) is 3.69. The van der Waals surface area contributed by atoms with Crippen molar-refractivity contribution in [3.8, 4) is 5.75 Å². The van der Waals surface area contributed by atoms with Crippen LogP contribution in [0.4, 0.5) is 15.9 Å². The number of carbonyl (C=O) groups excluding carboxylic acids is 2. The van der Waals surface area contributed by atoms with Gasteiger partial charge in [-0.1, -0.05) is 0 Å². The lowest BCUT2D eigenvalue weighted by Gasteiger charge is -2.17. The van der Waals surface area contributed by atoms with E-state index in [4.69, 9.17) is 4.74 Å². The summed E-state index contributed by atoms with van der Waals surface area (Å²) >= 11 is 0. The van der Waals surface area contributed by atoms with Gasteiger partial charge in [0.1, 0.15) is 5.82 Å². The zero-order chi connectivity index (χ0) is 17.4. The lowest BCUT2D eigenvalue weighted by molar-refractivity contribution is -0.118. The Morgan fingerprint density at radius 3 is 3.04 bits per heavy atom. The average Bonchev–Trinajstić information content (AvgIpc) is 2.62. The van der Waals surface area contributed by atoms with Gasteiger partial charge in [0.25, 0.3) is 11.8 Å². The molecule has 0 saturated heterocycles. The Morgan fingerprint density at radius 1 is 1.28 bits per heavy atom. The summed E-state index contributed by atoms with van der Waals surface area (Å²) in [5.41, 5.74) is 0.895. The summed E-state index contributed by atoms with van der Waals surface area (Å²) in [4.78, 5) is 31.9. The van der Waals surface area contributed by atoms with Crippen LogP contribution in [0.2, 0.25) is 0 Å². The highest BCUT2D eigenvalue weighted by atomic mass is 19.1. The summed E-state index contributed by atoms with van der Waals surface area (Å²) in [6.07, 6.45) is 2.89. The van der Waals surface area contributed by atoms with Gasteiger partial charge in [0.2, 0.25) is 0 Å². The van der Waals surface area contributed by atoms with Gasteiger partial charge in [-0.25, -0.2) is 9.37 Å². The molecule has 2 amide bonds. The van der Waals surface area contributed by atoms with Gasteiger partial charge in [0.05, 0.1) is 23.0 Å². The Bertz CT molecular complexity index is 1020. The maximum atomic E-state index is 13.8. The van der Waals surface area contributed by atoms with Gasteiger partial charge in [-0.05, 0) is 24.3 Å². The highest BCUT2D eigenvalue weighted by Gasteiger charge is 2.19. The number of benzene rings is 1. The van der Waals surface area contributed by atoms with Crippen molar-refractivity contribution < 1.29 is 18.7 Å². The topological polar surface area (TPSA) is 93.2 Å². The molecule has 2 aromatic heterocycles. The SMILES string of the molecule is O=C1COc2cc(NC(=O)c3ccc(F)c4cccnc34)cnc2N1. The van der Waals surface area contributed by atoms with Crippen molar-refractivity contribution in [1.29, 1.82) is 0 Å². The highest BCUT2D eigenvalue weighted by Crippen LogP contribution is 2.28. The zero-order valence-electron chi connectivity index (χ0n) is 12.7. The number of fused-ring (bicyclic) bond motifs is 2. The van der Waals surface area contributed by atoms with Crippen LogP contribution in [0.1, 0.15) is 10.4 Å². The zero-order valence-corrected chi connectivity index (χ0v) is 12.7. The molecule has 7 nitrogen and oxygen atoms in total. The molecule has 124 valence electrons. The number of hydrogen-bond donors (Lipinski definition) is 2. The van der Waals surface area contributed by atoms with Crippen LogP contribution >= 0.6 is 0 Å². The van der Waals surface area contributed by atoms with E-state index in [0.717, 1.165) is 0 Å². The largest absolute Gasteiger partial charge is 0.480 e. The minimum absolute atomic E-state index is 0.113. The molecule has 0 radical (unpaired) electrons. The van der Waals surface area contributed by atoms with Crippen LogP contribution in [0.5, 0.6) is 5.75 Å². The van der Waals surface area contributed by atoms with E-state index in [0.29, 0.717) is 17.3 Å². The van der Waals surface area contributed by atoms with Crippen molar-refractivity contribution in [3.05, 3.63) is 54.1 Å². The van der Waals surface area contributed by atoms with E-state index in [-0.39, 0.29) is 29.0 Å². The summed E-state index contributed by atoms with van der Waals surface area (Å²) < 4.78 is 19.1. The third-order valence-electron chi connectivity index (χ3n) is 3.69. The molecule has 2 N–H and O–H groups in total. The maximum absolute atomic E-state index is 13.8. The molecule has 1 aliphatic rings. The third kappa shape index (κ3) is 2.74. The molecule has 3 aromatic rings. The molecule has 1 aromatic carbocycles. The van der Waals surface area contributed by atoms with Crippen LogP contribution in [-0.2, 0) is 4.79 Å². The van der Waals surface area contributed by atoms with Crippen LogP contribution < -0.4 is 15.4 Å². The summed E-state index contributed by atoms with van der Waals surface area (Å²) in [6.45, 7) is -0.113. The molecule has 8 heteroatoms. The number of rotatable bonds is 2. The number of nitrogens with zero attached hydrogens (tertiary/aromatic N) is 2. The van der Waals surface area contributed by atoms with E-state index in [2.05, 4.69) is 20.6 Å². The maximum Gasteiger partial charge on any atom is 0.263 e. The van der Waals surface area contributed by atoms with E-state index in [1.54, 1.807) is 18.2 Å². The molecule has 0 bridgehead atoms. The molecule has 3 heterocycles. The Kier molecular flexibility index (Phi) is 3.50. The second-order valence-electron chi connectivity index (χ2n) is 5.36. The van der Waals surface area contributed by atoms with Gasteiger partial charge in [-0.15, -0.1) is 0 Å². The van der Waals surface area contributed by atoms with Crippen molar-refractivity contribution in [2.24, 2.45) is 0 Å². The number of hydrogen-bond acceptors (Lipinski definition) is 5. The first-order valence-corrected chi connectivity index (χ1v) is 7.39. The van der Waals surface area contributed by atoms with Crippen LogP contribution in [0, 0.1) is 5.82 Å². The van der Waals surface area contributed by atoms with E-state index in [1.165, 1.54) is 24.5 Å². The van der Waals surface area contributed by atoms with E-state index >= 15 is 0 Å². The second-order valence-corrected chi connectivity index (χ2v) is 5.36. The summed E-state index contributed by atoms with van der Waals surface area (Å²) in [5.74, 6) is -0.534. The van der Waals surface area contributed by atoms with Crippen LogP contribution in [0.25, 0.3) is 10.9 Å². The van der Waals surface area contributed by atoms with Crippen molar-refractivity contribution in [3.63, 3.8) is 0 Å². The molecule has 0 atom stereocenters. The van der Waals surface area contributed by atoms with Gasteiger partial charge >= 0.3 is 0 Å². The second kappa shape index (κ2) is 5.82. The van der Waals surface area contributed by atoms with Gasteiger partial charge in [0.15, 0.2) is 18.2 Å². The minimum atomic E-state index is -0.453. The Hall–Kier alpha value is -3.55.